The lowest BCUT2D eigenvalue weighted by Crippen LogP contribution is -2.31. The Morgan fingerprint density at radius 3 is 2.25 bits per heavy atom. The Morgan fingerprint density at radius 1 is 1.19 bits per heavy atom. The highest BCUT2D eigenvalue weighted by Gasteiger charge is 2.17. The number of hydroxylamine groups is 1. The normalized spacial score (nSPS) is 11.6. The molecule has 0 bridgehead atoms. The van der Waals surface area contributed by atoms with Gasteiger partial charge in [-0.2, -0.15) is 0 Å². The van der Waals surface area contributed by atoms with Crippen molar-refractivity contribution in [3.8, 4) is 5.75 Å². The zero-order chi connectivity index (χ0) is 12.5. The second-order valence-corrected chi connectivity index (χ2v) is 5.15. The van der Waals surface area contributed by atoms with E-state index in [0.29, 0.717) is 5.69 Å². The van der Waals surface area contributed by atoms with E-state index in [1.54, 1.807) is 12.1 Å². The molecule has 0 unspecified atom stereocenters. The molecule has 0 atom stereocenters. The quantitative estimate of drug-likeness (QED) is 0.782. The van der Waals surface area contributed by atoms with E-state index in [2.05, 4.69) is 0 Å². The van der Waals surface area contributed by atoms with Gasteiger partial charge in [-0.25, -0.2) is 0 Å². The van der Waals surface area contributed by atoms with Gasteiger partial charge in [0, 0.05) is 7.05 Å². The molecule has 0 aliphatic carbocycles. The molecule has 1 N–H and O–H groups in total. The molecule has 0 fully saturated rings. The molecule has 0 amide bonds. The maximum Gasteiger partial charge on any atom is 0.144 e. The van der Waals surface area contributed by atoms with Crippen LogP contribution in [0.1, 0.15) is 31.9 Å². The van der Waals surface area contributed by atoms with Crippen molar-refractivity contribution in [2.75, 3.05) is 12.1 Å². The number of anilines is 1. The zero-order valence-electron chi connectivity index (χ0n) is 11.0. The first kappa shape index (κ1) is 12.8. The van der Waals surface area contributed by atoms with Gasteiger partial charge in [-0.1, -0.05) is 6.07 Å². The smallest absolute Gasteiger partial charge is 0.144 e. The van der Waals surface area contributed by atoms with Gasteiger partial charge >= 0.3 is 0 Å². The van der Waals surface area contributed by atoms with Crippen molar-refractivity contribution in [1.29, 1.82) is 0 Å². The average Bonchev–Trinajstić information content (AvgIpc) is 2.08. The van der Waals surface area contributed by atoms with Crippen LogP contribution in [0.2, 0.25) is 0 Å². The van der Waals surface area contributed by atoms with E-state index >= 15 is 0 Å². The Labute approximate surface area is 97.6 Å². The molecule has 0 radical (unpaired) electrons. The molecular weight excluding hydrogens is 202 g/mol. The Morgan fingerprint density at radius 2 is 1.75 bits per heavy atom. The van der Waals surface area contributed by atoms with Crippen molar-refractivity contribution in [1.82, 2.24) is 0 Å². The summed E-state index contributed by atoms with van der Waals surface area (Å²) in [5, 5.41) is 11.6. The van der Waals surface area contributed by atoms with Crippen LogP contribution in [0.5, 0.6) is 5.75 Å². The number of hydrogen-bond donors (Lipinski definition) is 1. The van der Waals surface area contributed by atoms with Crippen LogP contribution >= 0.6 is 0 Å². The van der Waals surface area contributed by atoms with Gasteiger partial charge in [0.2, 0.25) is 0 Å². The third-order valence-electron chi connectivity index (χ3n) is 2.17. The summed E-state index contributed by atoms with van der Waals surface area (Å²) >= 11 is 0. The van der Waals surface area contributed by atoms with Gasteiger partial charge in [0.1, 0.15) is 11.4 Å². The number of nitrogens with zero attached hydrogens (tertiary/aromatic N) is 1. The SMILES string of the molecule is Cc1cc(C)c(O)c(N(C)OC(C)(C)C)c1. The lowest BCUT2D eigenvalue weighted by atomic mass is 10.1. The van der Waals surface area contributed by atoms with E-state index in [0.717, 1.165) is 11.1 Å². The first-order valence-electron chi connectivity index (χ1n) is 5.44. The molecule has 1 aromatic rings. The predicted octanol–water partition coefficient (Wildman–Crippen LogP) is 3.18. The minimum absolute atomic E-state index is 0.275. The predicted molar refractivity (Wildman–Crippen MR) is 66.8 cm³/mol. The van der Waals surface area contributed by atoms with E-state index in [9.17, 15) is 5.11 Å². The van der Waals surface area contributed by atoms with Gasteiger partial charge in [0.15, 0.2) is 0 Å². The van der Waals surface area contributed by atoms with Crippen LogP contribution in [-0.4, -0.2) is 17.8 Å². The zero-order valence-corrected chi connectivity index (χ0v) is 11.0. The molecule has 0 spiro atoms. The van der Waals surface area contributed by atoms with Crippen LogP contribution in [0.15, 0.2) is 12.1 Å². The topological polar surface area (TPSA) is 32.7 Å². The molecule has 16 heavy (non-hydrogen) atoms. The van der Waals surface area contributed by atoms with Crippen molar-refractivity contribution in [3.63, 3.8) is 0 Å². The van der Waals surface area contributed by atoms with Crippen molar-refractivity contribution in [2.24, 2.45) is 0 Å². The van der Waals surface area contributed by atoms with Crippen LogP contribution in [0.4, 0.5) is 5.69 Å². The Kier molecular flexibility index (Phi) is 3.48. The summed E-state index contributed by atoms with van der Waals surface area (Å²) in [6, 6.07) is 3.86. The molecule has 3 nitrogen and oxygen atoms in total. The number of aryl methyl sites for hydroxylation is 2. The Hall–Kier alpha value is -1.22. The first-order valence-corrected chi connectivity index (χ1v) is 5.44. The van der Waals surface area contributed by atoms with Gasteiger partial charge in [0.25, 0.3) is 0 Å². The van der Waals surface area contributed by atoms with E-state index in [-0.39, 0.29) is 11.4 Å². The monoisotopic (exact) mass is 223 g/mol. The van der Waals surface area contributed by atoms with Crippen LogP contribution in [0, 0.1) is 13.8 Å². The minimum Gasteiger partial charge on any atom is -0.505 e. The first-order chi connectivity index (χ1) is 7.20. The molecule has 0 aromatic heterocycles. The summed E-state index contributed by atoms with van der Waals surface area (Å²) < 4.78 is 0. The average molecular weight is 223 g/mol. The molecule has 3 heteroatoms. The van der Waals surface area contributed by atoms with Crippen molar-refractivity contribution in [3.05, 3.63) is 23.3 Å². The molecule has 0 saturated heterocycles. The van der Waals surface area contributed by atoms with Crippen LogP contribution in [0.25, 0.3) is 0 Å². The lowest BCUT2D eigenvalue weighted by Gasteiger charge is -2.29. The number of phenolic OH excluding ortho intramolecular Hbond substituents is 1. The van der Waals surface area contributed by atoms with Gasteiger partial charge in [-0.05, 0) is 51.8 Å². The fourth-order valence-corrected chi connectivity index (χ4v) is 1.64. The highest BCUT2D eigenvalue weighted by Crippen LogP contribution is 2.32. The van der Waals surface area contributed by atoms with E-state index in [4.69, 9.17) is 4.84 Å². The van der Waals surface area contributed by atoms with Crippen molar-refractivity contribution in [2.45, 2.75) is 40.2 Å². The van der Waals surface area contributed by atoms with E-state index in [1.165, 1.54) is 0 Å². The van der Waals surface area contributed by atoms with Gasteiger partial charge in [-0.15, -0.1) is 0 Å². The number of aromatic hydroxyl groups is 1. The molecule has 90 valence electrons. The maximum atomic E-state index is 9.97. The number of phenols is 1. The molecule has 1 rings (SSSR count). The summed E-state index contributed by atoms with van der Waals surface area (Å²) in [6.45, 7) is 9.81. The molecule has 0 aliphatic heterocycles. The van der Waals surface area contributed by atoms with Crippen LogP contribution in [-0.2, 0) is 4.84 Å². The van der Waals surface area contributed by atoms with E-state index in [1.807, 2.05) is 46.8 Å². The number of benzene rings is 1. The summed E-state index contributed by atoms with van der Waals surface area (Å²) in [6.07, 6.45) is 0. The fraction of sp³-hybridized carbons (Fsp3) is 0.538. The second-order valence-electron chi connectivity index (χ2n) is 5.15. The number of hydrogen-bond acceptors (Lipinski definition) is 3. The second kappa shape index (κ2) is 4.34. The molecular formula is C13H21NO2. The standard InChI is InChI=1S/C13H21NO2/c1-9-7-10(2)12(15)11(8-9)14(6)16-13(3,4)5/h7-8,15H,1-6H3. The summed E-state index contributed by atoms with van der Waals surface area (Å²) in [4.78, 5) is 5.69. The van der Waals surface area contributed by atoms with E-state index < -0.39 is 0 Å². The Balaban J connectivity index is 3.04. The van der Waals surface area contributed by atoms with Gasteiger partial charge < -0.3 is 5.11 Å². The third kappa shape index (κ3) is 3.14. The Bertz CT molecular complexity index is 380. The summed E-state index contributed by atoms with van der Waals surface area (Å²) in [5.74, 6) is 0.275. The lowest BCUT2D eigenvalue weighted by molar-refractivity contribution is -0.0131. The summed E-state index contributed by atoms with van der Waals surface area (Å²) in [5.41, 5.74) is 2.39. The van der Waals surface area contributed by atoms with Gasteiger partial charge in [-0.3, -0.25) is 9.90 Å². The van der Waals surface area contributed by atoms with Crippen LogP contribution in [0.3, 0.4) is 0 Å². The molecule has 1 aromatic carbocycles. The largest absolute Gasteiger partial charge is 0.505 e. The third-order valence-corrected chi connectivity index (χ3v) is 2.17. The maximum absolute atomic E-state index is 9.97. The highest BCUT2D eigenvalue weighted by atomic mass is 16.7. The van der Waals surface area contributed by atoms with Crippen molar-refractivity contribution < 1.29 is 9.94 Å². The highest BCUT2D eigenvalue weighted by molar-refractivity contribution is 5.60. The molecule has 0 aliphatic rings. The summed E-state index contributed by atoms with van der Waals surface area (Å²) in [7, 11) is 1.80. The molecule has 0 heterocycles. The van der Waals surface area contributed by atoms with Crippen molar-refractivity contribution >= 4 is 5.69 Å². The molecule has 0 saturated carbocycles. The van der Waals surface area contributed by atoms with Crippen LogP contribution < -0.4 is 5.06 Å². The fourth-order valence-electron chi connectivity index (χ4n) is 1.64. The minimum atomic E-state index is -0.279. The van der Waals surface area contributed by atoms with Gasteiger partial charge in [0.05, 0.1) is 5.60 Å². The number of rotatable bonds is 2.